The molecule has 0 unspecified atom stereocenters. The number of hydrogen-bond donors (Lipinski definition) is 1. The van der Waals surface area contributed by atoms with E-state index < -0.39 is 0 Å². The van der Waals surface area contributed by atoms with Gasteiger partial charge in [-0.25, -0.2) is 0 Å². The summed E-state index contributed by atoms with van der Waals surface area (Å²) in [6.45, 7) is 5.97. The second-order valence-corrected chi connectivity index (χ2v) is 5.59. The molecule has 0 aliphatic heterocycles. The third-order valence-electron chi connectivity index (χ3n) is 3.04. The summed E-state index contributed by atoms with van der Waals surface area (Å²) in [5, 5.41) is 2.93. The largest absolute Gasteiger partial charge is 0.322 e. The topological polar surface area (TPSA) is 29.1 Å². The summed E-state index contributed by atoms with van der Waals surface area (Å²) < 4.78 is 1.04. The Morgan fingerprint density at radius 2 is 1.74 bits per heavy atom. The summed E-state index contributed by atoms with van der Waals surface area (Å²) in [5.41, 5.74) is 4.77. The maximum atomic E-state index is 12.2. The van der Waals surface area contributed by atoms with E-state index in [0.29, 0.717) is 5.56 Å². The predicted octanol–water partition coefficient (Wildman–Crippen LogP) is 4.63. The van der Waals surface area contributed by atoms with Gasteiger partial charge in [-0.05, 0) is 56.2 Å². The van der Waals surface area contributed by atoms with Crippen LogP contribution >= 0.6 is 15.9 Å². The van der Waals surface area contributed by atoms with Gasteiger partial charge < -0.3 is 5.32 Å². The van der Waals surface area contributed by atoms with Gasteiger partial charge in [-0.1, -0.05) is 33.6 Å². The minimum absolute atomic E-state index is 0.0702. The molecular formula is C16H16BrNO. The standard InChI is InChI=1S/C16H16BrNO/c1-10-4-6-14(11(2)8-10)16(19)18-13-5-7-15(17)12(3)9-13/h4-9H,1-3H3,(H,18,19). The molecule has 3 heteroatoms. The van der Waals surface area contributed by atoms with Gasteiger partial charge >= 0.3 is 0 Å². The van der Waals surface area contributed by atoms with E-state index in [2.05, 4.69) is 21.2 Å². The van der Waals surface area contributed by atoms with Crippen LogP contribution in [0, 0.1) is 20.8 Å². The van der Waals surface area contributed by atoms with Crippen molar-refractivity contribution >= 4 is 27.5 Å². The lowest BCUT2D eigenvalue weighted by atomic mass is 10.1. The molecule has 1 amide bonds. The van der Waals surface area contributed by atoms with Crippen LogP contribution in [0.1, 0.15) is 27.0 Å². The maximum Gasteiger partial charge on any atom is 0.255 e. The number of amides is 1. The highest BCUT2D eigenvalue weighted by atomic mass is 79.9. The highest BCUT2D eigenvalue weighted by Crippen LogP contribution is 2.21. The van der Waals surface area contributed by atoms with Gasteiger partial charge in [0, 0.05) is 15.7 Å². The number of aryl methyl sites for hydroxylation is 3. The smallest absolute Gasteiger partial charge is 0.255 e. The van der Waals surface area contributed by atoms with Gasteiger partial charge in [-0.2, -0.15) is 0 Å². The lowest BCUT2D eigenvalue weighted by Gasteiger charge is -2.09. The lowest BCUT2D eigenvalue weighted by molar-refractivity contribution is 0.102. The van der Waals surface area contributed by atoms with E-state index in [1.54, 1.807) is 0 Å². The third kappa shape index (κ3) is 3.24. The van der Waals surface area contributed by atoms with Crippen molar-refractivity contribution in [3.8, 4) is 0 Å². The van der Waals surface area contributed by atoms with Gasteiger partial charge in [0.15, 0.2) is 0 Å². The Hall–Kier alpha value is -1.61. The molecule has 0 aliphatic carbocycles. The Bertz CT molecular complexity index is 635. The Morgan fingerprint density at radius 1 is 1.00 bits per heavy atom. The molecule has 0 fully saturated rings. The average molecular weight is 318 g/mol. The van der Waals surface area contributed by atoms with Crippen molar-refractivity contribution in [2.24, 2.45) is 0 Å². The summed E-state index contributed by atoms with van der Waals surface area (Å²) in [7, 11) is 0. The zero-order valence-electron chi connectivity index (χ0n) is 11.3. The molecule has 0 radical (unpaired) electrons. The highest BCUT2D eigenvalue weighted by Gasteiger charge is 2.09. The number of nitrogens with one attached hydrogen (secondary N) is 1. The van der Waals surface area contributed by atoms with Gasteiger partial charge in [-0.15, -0.1) is 0 Å². The zero-order chi connectivity index (χ0) is 14.0. The van der Waals surface area contributed by atoms with Gasteiger partial charge in [0.2, 0.25) is 0 Å². The first-order chi connectivity index (χ1) is 8.97. The van der Waals surface area contributed by atoms with Crippen LogP contribution in [-0.2, 0) is 0 Å². The Labute approximate surface area is 122 Å². The molecule has 2 aromatic carbocycles. The average Bonchev–Trinajstić information content (AvgIpc) is 2.33. The molecule has 0 heterocycles. The molecule has 0 bridgehead atoms. The van der Waals surface area contributed by atoms with Crippen molar-refractivity contribution in [3.05, 3.63) is 63.1 Å². The molecule has 0 spiro atoms. The number of anilines is 1. The number of hydrogen-bond acceptors (Lipinski definition) is 1. The molecule has 1 N–H and O–H groups in total. The number of carbonyl (C=O) groups is 1. The van der Waals surface area contributed by atoms with Gasteiger partial charge in [0.05, 0.1) is 0 Å². The van der Waals surface area contributed by atoms with Gasteiger partial charge in [0.1, 0.15) is 0 Å². The van der Waals surface area contributed by atoms with Gasteiger partial charge in [-0.3, -0.25) is 4.79 Å². The van der Waals surface area contributed by atoms with Crippen molar-refractivity contribution in [3.63, 3.8) is 0 Å². The SMILES string of the molecule is Cc1ccc(C(=O)Nc2ccc(Br)c(C)c2)c(C)c1. The first-order valence-electron chi connectivity index (χ1n) is 6.12. The summed E-state index contributed by atoms with van der Waals surface area (Å²) in [6.07, 6.45) is 0. The summed E-state index contributed by atoms with van der Waals surface area (Å²) in [4.78, 5) is 12.2. The van der Waals surface area contributed by atoms with E-state index in [1.807, 2.05) is 57.2 Å². The normalized spacial score (nSPS) is 10.3. The van der Waals surface area contributed by atoms with E-state index in [0.717, 1.165) is 26.9 Å². The fourth-order valence-corrected chi connectivity index (χ4v) is 2.24. The fraction of sp³-hybridized carbons (Fsp3) is 0.188. The molecule has 98 valence electrons. The van der Waals surface area contributed by atoms with E-state index in [-0.39, 0.29) is 5.91 Å². The van der Waals surface area contributed by atoms with Crippen LogP contribution in [0.15, 0.2) is 40.9 Å². The molecule has 0 aromatic heterocycles. The minimum Gasteiger partial charge on any atom is -0.322 e. The highest BCUT2D eigenvalue weighted by molar-refractivity contribution is 9.10. The molecule has 0 saturated heterocycles. The summed E-state index contributed by atoms with van der Waals surface area (Å²) >= 11 is 3.45. The molecule has 2 rings (SSSR count). The van der Waals surface area contributed by atoms with Crippen molar-refractivity contribution in [2.75, 3.05) is 5.32 Å². The lowest BCUT2D eigenvalue weighted by Crippen LogP contribution is -2.13. The van der Waals surface area contributed by atoms with Crippen molar-refractivity contribution in [1.82, 2.24) is 0 Å². The molecule has 19 heavy (non-hydrogen) atoms. The molecule has 0 aliphatic rings. The summed E-state index contributed by atoms with van der Waals surface area (Å²) in [5.74, 6) is -0.0702. The van der Waals surface area contributed by atoms with Crippen molar-refractivity contribution < 1.29 is 4.79 Å². The van der Waals surface area contributed by atoms with Crippen molar-refractivity contribution in [1.29, 1.82) is 0 Å². The molecule has 0 saturated carbocycles. The molecular weight excluding hydrogens is 302 g/mol. The second-order valence-electron chi connectivity index (χ2n) is 4.74. The monoisotopic (exact) mass is 317 g/mol. The Balaban J connectivity index is 2.23. The van der Waals surface area contributed by atoms with E-state index >= 15 is 0 Å². The van der Waals surface area contributed by atoms with E-state index in [1.165, 1.54) is 0 Å². The van der Waals surface area contributed by atoms with Crippen LogP contribution < -0.4 is 5.32 Å². The fourth-order valence-electron chi connectivity index (χ4n) is 1.99. The quantitative estimate of drug-likeness (QED) is 0.859. The predicted molar refractivity (Wildman–Crippen MR) is 82.7 cm³/mol. The number of benzene rings is 2. The van der Waals surface area contributed by atoms with Crippen LogP contribution in [0.25, 0.3) is 0 Å². The van der Waals surface area contributed by atoms with Crippen LogP contribution in [-0.4, -0.2) is 5.91 Å². The van der Waals surface area contributed by atoms with Crippen LogP contribution in [0.2, 0.25) is 0 Å². The third-order valence-corrected chi connectivity index (χ3v) is 3.93. The first-order valence-corrected chi connectivity index (χ1v) is 6.91. The summed E-state index contributed by atoms with van der Waals surface area (Å²) in [6, 6.07) is 11.6. The Kier molecular flexibility index (Phi) is 4.05. The molecule has 2 nitrogen and oxygen atoms in total. The second kappa shape index (κ2) is 5.57. The first kappa shape index (κ1) is 13.8. The van der Waals surface area contributed by atoms with Gasteiger partial charge in [0.25, 0.3) is 5.91 Å². The van der Waals surface area contributed by atoms with Crippen LogP contribution in [0.4, 0.5) is 5.69 Å². The van der Waals surface area contributed by atoms with E-state index in [9.17, 15) is 4.79 Å². The van der Waals surface area contributed by atoms with Crippen molar-refractivity contribution in [2.45, 2.75) is 20.8 Å². The number of halogens is 1. The minimum atomic E-state index is -0.0702. The molecule has 2 aromatic rings. The Morgan fingerprint density at radius 3 is 2.37 bits per heavy atom. The van der Waals surface area contributed by atoms with Crippen LogP contribution in [0.3, 0.4) is 0 Å². The zero-order valence-corrected chi connectivity index (χ0v) is 12.8. The van der Waals surface area contributed by atoms with E-state index in [4.69, 9.17) is 0 Å². The number of carbonyl (C=O) groups excluding carboxylic acids is 1. The molecule has 0 atom stereocenters. The van der Waals surface area contributed by atoms with Crippen LogP contribution in [0.5, 0.6) is 0 Å². The number of rotatable bonds is 2. The maximum absolute atomic E-state index is 12.2.